The van der Waals surface area contributed by atoms with E-state index in [1.165, 1.54) is 225 Å². The highest BCUT2D eigenvalue weighted by Crippen LogP contribution is 2.45. The first kappa shape index (κ1) is 100. The number of unbranched alkanes of at least 4 members (excludes halogenated alkanes) is 45. The van der Waals surface area contributed by atoms with Gasteiger partial charge in [-0.2, -0.15) is 0 Å². The Labute approximate surface area is 626 Å². The number of phosphoric ester groups is 2. The van der Waals surface area contributed by atoms with E-state index in [9.17, 15) is 43.2 Å². The minimum absolute atomic E-state index is 0.107. The Bertz CT molecular complexity index is 1990. The standard InChI is InChI=1S/C83H162O17P2/c1-9-76(8)62-54-46-38-30-24-18-13-14-20-26-32-40-49-57-65-83(88)100-79(70-94-81(86)64-56-48-42-34-37-45-53-61-75(6)7)72-98-102(91,92)96-68-77(84)67-95-101(89,90)97-71-78(99-82(87)66-58-50-41-33-27-21-15-17-23-29-36-44-52-60-74(4)5)69-93-80(85)63-55-47-39-31-25-19-12-10-11-16-22-28-35-43-51-59-73(2)3/h73-79,84H,9-72H2,1-8H3,(H,89,90)(H,91,92)/t76?,77?,78-,79-/m1/s1. The number of carbonyl (C=O) groups excluding carboxylic acids is 4. The predicted molar refractivity (Wildman–Crippen MR) is 418 cm³/mol. The number of esters is 4. The first-order chi connectivity index (χ1) is 49.1. The van der Waals surface area contributed by atoms with Gasteiger partial charge in [-0.3, -0.25) is 37.3 Å². The van der Waals surface area contributed by atoms with Crippen molar-refractivity contribution in [3.8, 4) is 0 Å². The van der Waals surface area contributed by atoms with Crippen LogP contribution in [0.3, 0.4) is 0 Å². The molecule has 4 unspecified atom stereocenters. The van der Waals surface area contributed by atoms with Crippen molar-refractivity contribution in [2.45, 2.75) is 446 Å². The van der Waals surface area contributed by atoms with E-state index >= 15 is 0 Å². The number of carbonyl (C=O) groups is 4. The zero-order valence-electron chi connectivity index (χ0n) is 67.2. The van der Waals surface area contributed by atoms with Crippen LogP contribution in [0, 0.1) is 23.7 Å². The Balaban J connectivity index is 5.24. The normalized spacial score (nSPS) is 14.3. The maximum Gasteiger partial charge on any atom is 0.472 e. The largest absolute Gasteiger partial charge is 0.472 e. The van der Waals surface area contributed by atoms with Crippen molar-refractivity contribution in [2.75, 3.05) is 39.6 Å². The van der Waals surface area contributed by atoms with Crippen LogP contribution in [0.2, 0.25) is 0 Å². The molecule has 0 amide bonds. The molecular weight excluding hydrogens is 1330 g/mol. The lowest BCUT2D eigenvalue weighted by molar-refractivity contribution is -0.161. The summed E-state index contributed by atoms with van der Waals surface area (Å²) < 4.78 is 68.8. The number of rotatable bonds is 80. The summed E-state index contributed by atoms with van der Waals surface area (Å²) in [5.41, 5.74) is 0. The number of phosphoric acid groups is 2. The van der Waals surface area contributed by atoms with Crippen LogP contribution < -0.4 is 0 Å². The Morgan fingerprint density at radius 3 is 0.696 bits per heavy atom. The lowest BCUT2D eigenvalue weighted by Gasteiger charge is -2.21. The van der Waals surface area contributed by atoms with Gasteiger partial charge in [0.1, 0.15) is 19.3 Å². The number of aliphatic hydroxyl groups excluding tert-OH is 1. The fourth-order valence-electron chi connectivity index (χ4n) is 12.8. The molecule has 19 heteroatoms. The third kappa shape index (κ3) is 74.9. The summed E-state index contributed by atoms with van der Waals surface area (Å²) in [6, 6.07) is 0. The van der Waals surface area contributed by atoms with Crippen LogP contribution in [0.4, 0.5) is 0 Å². The Kier molecular flexibility index (Phi) is 70.6. The molecule has 0 aliphatic rings. The maximum absolute atomic E-state index is 13.1. The summed E-state index contributed by atoms with van der Waals surface area (Å²) >= 11 is 0. The predicted octanol–water partition coefficient (Wildman–Crippen LogP) is 24.8. The summed E-state index contributed by atoms with van der Waals surface area (Å²) in [5.74, 6) is 1.03. The second kappa shape index (κ2) is 72.0. The van der Waals surface area contributed by atoms with E-state index in [4.69, 9.17) is 37.0 Å². The molecule has 6 atom stereocenters. The Morgan fingerprint density at radius 2 is 0.471 bits per heavy atom. The van der Waals surface area contributed by atoms with Gasteiger partial charge in [0, 0.05) is 25.7 Å². The molecule has 0 radical (unpaired) electrons. The Hall–Kier alpha value is -1.94. The Morgan fingerprint density at radius 1 is 0.275 bits per heavy atom. The van der Waals surface area contributed by atoms with Crippen molar-refractivity contribution in [1.29, 1.82) is 0 Å². The first-order valence-electron chi connectivity index (χ1n) is 42.7. The van der Waals surface area contributed by atoms with Gasteiger partial charge in [0.2, 0.25) is 0 Å². The molecule has 0 fully saturated rings. The highest BCUT2D eigenvalue weighted by Gasteiger charge is 2.30. The van der Waals surface area contributed by atoms with Gasteiger partial charge in [0.05, 0.1) is 26.4 Å². The van der Waals surface area contributed by atoms with Gasteiger partial charge in [-0.15, -0.1) is 0 Å². The molecule has 0 saturated heterocycles. The molecule has 0 bridgehead atoms. The first-order valence-corrected chi connectivity index (χ1v) is 45.7. The lowest BCUT2D eigenvalue weighted by atomic mass is 9.99. The highest BCUT2D eigenvalue weighted by atomic mass is 31.2. The van der Waals surface area contributed by atoms with Gasteiger partial charge in [0.25, 0.3) is 0 Å². The van der Waals surface area contributed by atoms with E-state index in [2.05, 4.69) is 55.4 Å². The SMILES string of the molecule is CCC(C)CCCCCCCCCCCCCCCCC(=O)O[C@H](COC(=O)CCCCCCCCCC(C)C)COP(=O)(O)OCC(O)COP(=O)(O)OC[C@@H](COC(=O)CCCCCCCCCCCCCCCCCC(C)C)OC(=O)CCCCCCCCCCCCCCCC(C)C. The quantitative estimate of drug-likeness (QED) is 0.0222. The molecule has 0 rings (SSSR count). The summed E-state index contributed by atoms with van der Waals surface area (Å²) in [4.78, 5) is 73.1. The molecule has 0 aromatic heterocycles. The van der Waals surface area contributed by atoms with E-state index in [-0.39, 0.29) is 25.7 Å². The summed E-state index contributed by atoms with van der Waals surface area (Å²) in [7, 11) is -9.93. The van der Waals surface area contributed by atoms with Crippen LogP contribution in [0.1, 0.15) is 428 Å². The smallest absolute Gasteiger partial charge is 0.462 e. The minimum Gasteiger partial charge on any atom is -0.462 e. The molecule has 0 aromatic rings. The molecule has 0 aliphatic heterocycles. The summed E-state index contributed by atoms with van der Waals surface area (Å²) in [6.07, 6.45) is 59.6. The fraction of sp³-hybridized carbons (Fsp3) is 0.952. The van der Waals surface area contributed by atoms with Gasteiger partial charge < -0.3 is 33.8 Å². The molecule has 17 nitrogen and oxygen atoms in total. The van der Waals surface area contributed by atoms with Gasteiger partial charge in [-0.05, 0) is 49.4 Å². The molecule has 0 aromatic carbocycles. The van der Waals surface area contributed by atoms with Crippen LogP contribution >= 0.6 is 15.6 Å². The molecule has 102 heavy (non-hydrogen) atoms. The van der Waals surface area contributed by atoms with Crippen LogP contribution in [0.5, 0.6) is 0 Å². The maximum atomic E-state index is 13.1. The van der Waals surface area contributed by atoms with Crippen LogP contribution in [-0.2, 0) is 65.4 Å². The van der Waals surface area contributed by atoms with Crippen LogP contribution in [0.15, 0.2) is 0 Å². The van der Waals surface area contributed by atoms with E-state index in [0.29, 0.717) is 31.6 Å². The van der Waals surface area contributed by atoms with Gasteiger partial charge in [-0.1, -0.05) is 376 Å². The third-order valence-corrected chi connectivity index (χ3v) is 21.6. The zero-order valence-corrected chi connectivity index (χ0v) is 69.0. The second-order valence-corrected chi connectivity index (χ2v) is 34.4. The van der Waals surface area contributed by atoms with Crippen LogP contribution in [-0.4, -0.2) is 96.7 Å². The average molecular weight is 1490 g/mol. The van der Waals surface area contributed by atoms with Crippen molar-refractivity contribution in [1.82, 2.24) is 0 Å². The van der Waals surface area contributed by atoms with E-state index in [1.807, 2.05) is 0 Å². The lowest BCUT2D eigenvalue weighted by Crippen LogP contribution is -2.30. The summed E-state index contributed by atoms with van der Waals surface area (Å²) in [5, 5.41) is 10.7. The van der Waals surface area contributed by atoms with E-state index in [0.717, 1.165) is 114 Å². The summed E-state index contributed by atoms with van der Waals surface area (Å²) in [6.45, 7) is 14.3. The highest BCUT2D eigenvalue weighted by molar-refractivity contribution is 7.47. The molecule has 0 saturated carbocycles. The van der Waals surface area contributed by atoms with Gasteiger partial charge in [-0.25, -0.2) is 9.13 Å². The molecule has 0 heterocycles. The number of aliphatic hydroxyl groups is 1. The molecule has 3 N–H and O–H groups in total. The molecular formula is C83H162O17P2. The monoisotopic (exact) mass is 1490 g/mol. The molecule has 0 spiro atoms. The number of ether oxygens (including phenoxy) is 4. The van der Waals surface area contributed by atoms with Crippen molar-refractivity contribution in [3.63, 3.8) is 0 Å². The van der Waals surface area contributed by atoms with Crippen molar-refractivity contribution >= 4 is 39.5 Å². The van der Waals surface area contributed by atoms with E-state index < -0.39 is 97.5 Å². The topological polar surface area (TPSA) is 237 Å². The van der Waals surface area contributed by atoms with Gasteiger partial charge >= 0.3 is 39.5 Å². The van der Waals surface area contributed by atoms with Crippen molar-refractivity contribution in [2.24, 2.45) is 23.7 Å². The molecule has 606 valence electrons. The number of hydrogen-bond donors (Lipinski definition) is 3. The average Bonchev–Trinajstić information content (AvgIpc) is 0.947. The zero-order chi connectivity index (χ0) is 75.3. The fourth-order valence-corrected chi connectivity index (χ4v) is 14.3. The van der Waals surface area contributed by atoms with Crippen LogP contribution in [0.25, 0.3) is 0 Å². The number of hydrogen-bond acceptors (Lipinski definition) is 15. The second-order valence-electron chi connectivity index (χ2n) is 31.5. The van der Waals surface area contributed by atoms with E-state index in [1.54, 1.807) is 0 Å². The van der Waals surface area contributed by atoms with Crippen molar-refractivity contribution < 1.29 is 80.2 Å². The van der Waals surface area contributed by atoms with Crippen molar-refractivity contribution in [3.05, 3.63) is 0 Å². The third-order valence-electron chi connectivity index (χ3n) is 19.7. The van der Waals surface area contributed by atoms with Gasteiger partial charge in [0.15, 0.2) is 12.2 Å². The minimum atomic E-state index is -4.96. The molecule has 0 aliphatic carbocycles.